The van der Waals surface area contributed by atoms with Crippen molar-refractivity contribution in [1.29, 1.82) is 0 Å². The molecular formula is C24H33ClNO6P. The molecule has 2 aromatic rings. The standard InChI is InChI=1S/C24H33ClNO6P/c1-29-33(30-2)26-10-3-11-31-21-7-4-17(5-8-21)12-19-13-18(6-9-23(19)25)24-15-20(28)14-22(16-27)32-24/h4-9,13,20,22,24,26-28H,3,10-12,14-16H2,1-2H3. The maximum atomic E-state index is 10.1. The summed E-state index contributed by atoms with van der Waals surface area (Å²) in [6, 6.07) is 13.8. The monoisotopic (exact) mass is 497 g/mol. The van der Waals surface area contributed by atoms with Crippen LogP contribution < -0.4 is 9.82 Å². The molecular weight excluding hydrogens is 465 g/mol. The second kappa shape index (κ2) is 13.6. The number of aliphatic hydroxyl groups is 2. The molecule has 3 N–H and O–H groups in total. The van der Waals surface area contributed by atoms with Crippen LogP contribution in [0.1, 0.15) is 42.1 Å². The Morgan fingerprint density at radius 3 is 2.58 bits per heavy atom. The maximum Gasteiger partial charge on any atom is 0.255 e. The van der Waals surface area contributed by atoms with Gasteiger partial charge in [0.2, 0.25) is 0 Å². The Hall–Kier alpha value is -1.28. The summed E-state index contributed by atoms with van der Waals surface area (Å²) in [5.74, 6) is 0.819. The lowest BCUT2D eigenvalue weighted by Crippen LogP contribution is -2.33. The average Bonchev–Trinajstić information content (AvgIpc) is 2.83. The first-order valence-corrected chi connectivity index (χ1v) is 12.6. The molecule has 9 heteroatoms. The molecule has 3 unspecified atom stereocenters. The van der Waals surface area contributed by atoms with Crippen LogP contribution in [0.15, 0.2) is 42.5 Å². The number of aliphatic hydroxyl groups excluding tert-OH is 2. The highest BCUT2D eigenvalue weighted by Gasteiger charge is 2.29. The van der Waals surface area contributed by atoms with Crippen molar-refractivity contribution in [2.75, 3.05) is 34.0 Å². The van der Waals surface area contributed by atoms with Crippen molar-refractivity contribution in [3.63, 3.8) is 0 Å². The second-order valence-corrected chi connectivity index (χ2v) is 9.93. The number of ether oxygens (including phenoxy) is 2. The molecule has 0 spiro atoms. The minimum atomic E-state index is -1.02. The van der Waals surface area contributed by atoms with Crippen LogP contribution in [0.3, 0.4) is 0 Å². The Morgan fingerprint density at radius 1 is 1.12 bits per heavy atom. The number of hydrogen-bond acceptors (Lipinski definition) is 7. The molecule has 1 aliphatic rings. The molecule has 2 aromatic carbocycles. The van der Waals surface area contributed by atoms with Gasteiger partial charge in [-0.3, -0.25) is 5.09 Å². The van der Waals surface area contributed by atoms with Crippen molar-refractivity contribution in [3.8, 4) is 5.75 Å². The van der Waals surface area contributed by atoms with Crippen LogP contribution >= 0.6 is 20.1 Å². The van der Waals surface area contributed by atoms with Crippen LogP contribution in [0.25, 0.3) is 0 Å². The fourth-order valence-electron chi connectivity index (χ4n) is 3.81. The van der Waals surface area contributed by atoms with E-state index in [4.69, 9.17) is 30.1 Å². The van der Waals surface area contributed by atoms with Crippen molar-refractivity contribution in [1.82, 2.24) is 5.09 Å². The predicted octanol–water partition coefficient (Wildman–Crippen LogP) is 4.38. The molecule has 0 aromatic heterocycles. The van der Waals surface area contributed by atoms with Crippen molar-refractivity contribution in [3.05, 3.63) is 64.2 Å². The Balaban J connectivity index is 1.53. The maximum absolute atomic E-state index is 10.1. The summed E-state index contributed by atoms with van der Waals surface area (Å²) in [6.45, 7) is 1.25. The van der Waals surface area contributed by atoms with Gasteiger partial charge in [0.05, 0.1) is 31.5 Å². The molecule has 0 saturated carbocycles. The van der Waals surface area contributed by atoms with Gasteiger partial charge in [-0.2, -0.15) is 0 Å². The number of nitrogens with one attached hydrogen (secondary N) is 1. The van der Waals surface area contributed by atoms with E-state index >= 15 is 0 Å². The Bertz CT molecular complexity index is 851. The third-order valence-electron chi connectivity index (χ3n) is 5.50. The largest absolute Gasteiger partial charge is 0.494 e. The summed E-state index contributed by atoms with van der Waals surface area (Å²) >= 11 is 6.46. The molecule has 0 aliphatic carbocycles. The van der Waals surface area contributed by atoms with Gasteiger partial charge >= 0.3 is 0 Å². The quantitative estimate of drug-likeness (QED) is 0.296. The fraction of sp³-hybridized carbons (Fsp3) is 0.500. The van der Waals surface area contributed by atoms with Gasteiger partial charge in [-0.25, -0.2) is 0 Å². The van der Waals surface area contributed by atoms with Gasteiger partial charge in [0.1, 0.15) is 5.75 Å². The predicted molar refractivity (Wildman–Crippen MR) is 130 cm³/mol. The minimum Gasteiger partial charge on any atom is -0.494 e. The first kappa shape index (κ1) is 26.3. The first-order chi connectivity index (χ1) is 16.0. The van der Waals surface area contributed by atoms with Crippen LogP contribution in [0.2, 0.25) is 5.02 Å². The summed E-state index contributed by atoms with van der Waals surface area (Å²) in [6.07, 6.45) is 1.40. The smallest absolute Gasteiger partial charge is 0.255 e. The number of hydrogen-bond donors (Lipinski definition) is 3. The molecule has 1 heterocycles. The molecule has 1 fully saturated rings. The molecule has 0 bridgehead atoms. The van der Waals surface area contributed by atoms with Gasteiger partial charge < -0.3 is 28.7 Å². The Morgan fingerprint density at radius 2 is 1.88 bits per heavy atom. The SMILES string of the molecule is COP(NCCCOc1ccc(Cc2cc(C3CC(O)CC(CO)O3)ccc2Cl)cc1)OC. The Kier molecular flexibility index (Phi) is 10.8. The Labute approximate surface area is 201 Å². The second-order valence-electron chi connectivity index (χ2n) is 7.96. The lowest BCUT2D eigenvalue weighted by atomic mass is 9.94. The van der Waals surface area contributed by atoms with Gasteiger partial charge in [0.15, 0.2) is 0 Å². The highest BCUT2D eigenvalue weighted by Crippen LogP contribution is 2.34. The lowest BCUT2D eigenvalue weighted by Gasteiger charge is -2.32. The van der Waals surface area contributed by atoms with E-state index in [9.17, 15) is 10.2 Å². The van der Waals surface area contributed by atoms with E-state index < -0.39 is 14.6 Å². The summed E-state index contributed by atoms with van der Waals surface area (Å²) < 4.78 is 22.0. The lowest BCUT2D eigenvalue weighted by molar-refractivity contribution is -0.113. The van der Waals surface area contributed by atoms with Crippen molar-refractivity contribution in [2.45, 2.75) is 44.0 Å². The van der Waals surface area contributed by atoms with Crippen molar-refractivity contribution < 1.29 is 28.7 Å². The zero-order valence-corrected chi connectivity index (χ0v) is 20.7. The molecule has 3 atom stereocenters. The van der Waals surface area contributed by atoms with E-state index in [-0.39, 0.29) is 18.8 Å². The normalized spacial score (nSPS) is 20.8. The molecule has 1 aliphatic heterocycles. The molecule has 0 radical (unpaired) electrons. The van der Waals surface area contributed by atoms with E-state index in [1.165, 1.54) is 0 Å². The molecule has 182 valence electrons. The summed E-state index contributed by atoms with van der Waals surface area (Å²) in [7, 11) is 2.21. The molecule has 1 saturated heterocycles. The zero-order chi connectivity index (χ0) is 23.6. The number of rotatable bonds is 12. The van der Waals surface area contributed by atoms with E-state index in [0.717, 1.165) is 35.4 Å². The average molecular weight is 498 g/mol. The molecule has 0 amide bonds. The van der Waals surface area contributed by atoms with Crippen LogP contribution in [-0.2, 0) is 20.2 Å². The fourth-order valence-corrected chi connectivity index (χ4v) is 4.74. The summed E-state index contributed by atoms with van der Waals surface area (Å²) in [5.41, 5.74) is 3.07. The summed E-state index contributed by atoms with van der Waals surface area (Å²) in [5, 5.41) is 23.4. The minimum absolute atomic E-state index is 0.0967. The van der Waals surface area contributed by atoms with Crippen LogP contribution in [0.4, 0.5) is 0 Å². The van der Waals surface area contributed by atoms with E-state index in [1.807, 2.05) is 42.5 Å². The highest BCUT2D eigenvalue weighted by atomic mass is 35.5. The van der Waals surface area contributed by atoms with Crippen molar-refractivity contribution in [2.24, 2.45) is 0 Å². The molecule has 33 heavy (non-hydrogen) atoms. The van der Waals surface area contributed by atoms with Gasteiger partial charge in [0.25, 0.3) is 8.53 Å². The zero-order valence-electron chi connectivity index (χ0n) is 19.1. The van der Waals surface area contributed by atoms with Crippen molar-refractivity contribution >= 4 is 20.1 Å². The number of benzene rings is 2. The molecule has 7 nitrogen and oxygen atoms in total. The van der Waals surface area contributed by atoms with Gasteiger partial charge in [-0.15, -0.1) is 0 Å². The number of halogens is 1. The highest BCUT2D eigenvalue weighted by molar-refractivity contribution is 7.44. The topological polar surface area (TPSA) is 89.4 Å². The third-order valence-corrected chi connectivity index (χ3v) is 7.02. The van der Waals surface area contributed by atoms with Gasteiger partial charge in [0, 0.05) is 38.6 Å². The van der Waals surface area contributed by atoms with Crippen LogP contribution in [0.5, 0.6) is 5.75 Å². The third kappa shape index (κ3) is 8.16. The first-order valence-electron chi connectivity index (χ1n) is 11.1. The van der Waals surface area contributed by atoms with E-state index in [2.05, 4.69) is 5.09 Å². The molecule has 3 rings (SSSR count). The van der Waals surface area contributed by atoms with E-state index in [0.29, 0.717) is 30.9 Å². The van der Waals surface area contributed by atoms with Crippen LogP contribution in [0, 0.1) is 0 Å². The van der Waals surface area contributed by atoms with Gasteiger partial charge in [-0.1, -0.05) is 35.9 Å². The van der Waals surface area contributed by atoms with E-state index in [1.54, 1.807) is 14.2 Å². The van der Waals surface area contributed by atoms with Gasteiger partial charge in [-0.05, 0) is 47.7 Å². The van der Waals surface area contributed by atoms with Crippen LogP contribution in [-0.4, -0.2) is 56.4 Å². The summed E-state index contributed by atoms with van der Waals surface area (Å²) in [4.78, 5) is 0.